The van der Waals surface area contributed by atoms with E-state index < -0.39 is 4.92 Å². The fourth-order valence-electron chi connectivity index (χ4n) is 2.30. The monoisotopic (exact) mass is 295 g/mol. The molecule has 0 fully saturated rings. The Labute approximate surface area is 121 Å². The minimum absolute atomic E-state index is 0.0590. The summed E-state index contributed by atoms with van der Waals surface area (Å²) in [6, 6.07) is 2.70. The first-order valence-electron chi connectivity index (χ1n) is 6.52. The fraction of sp³-hybridized carbons (Fsp3) is 0.462. The molecule has 114 valence electrons. The SMILES string of the molecule is COCC(CCO)Nc1cc2c(cc1[N+](=O)[O-])CC(=O)N2. The maximum absolute atomic E-state index is 11.4. The number of anilines is 2. The van der Waals surface area contributed by atoms with Crippen LogP contribution in [0.15, 0.2) is 12.1 Å². The summed E-state index contributed by atoms with van der Waals surface area (Å²) >= 11 is 0. The highest BCUT2D eigenvalue weighted by molar-refractivity contribution is 6.00. The summed E-state index contributed by atoms with van der Waals surface area (Å²) in [5, 5.41) is 25.9. The molecule has 1 amide bonds. The highest BCUT2D eigenvalue weighted by Crippen LogP contribution is 2.35. The van der Waals surface area contributed by atoms with Crippen LogP contribution in [0.1, 0.15) is 12.0 Å². The van der Waals surface area contributed by atoms with Gasteiger partial charge in [0.15, 0.2) is 0 Å². The van der Waals surface area contributed by atoms with Crippen LogP contribution >= 0.6 is 0 Å². The van der Waals surface area contributed by atoms with E-state index in [1.165, 1.54) is 13.2 Å². The van der Waals surface area contributed by atoms with Crippen LogP contribution in [0.2, 0.25) is 0 Å². The molecule has 1 aliphatic rings. The molecule has 0 saturated carbocycles. The summed E-state index contributed by atoms with van der Waals surface area (Å²) < 4.78 is 5.03. The molecule has 1 unspecified atom stereocenters. The highest BCUT2D eigenvalue weighted by atomic mass is 16.6. The minimum Gasteiger partial charge on any atom is -0.396 e. The molecule has 0 bridgehead atoms. The number of aliphatic hydroxyl groups is 1. The van der Waals surface area contributed by atoms with Crippen molar-refractivity contribution in [1.82, 2.24) is 0 Å². The second kappa shape index (κ2) is 6.51. The molecule has 21 heavy (non-hydrogen) atoms. The van der Waals surface area contributed by atoms with Crippen LogP contribution < -0.4 is 10.6 Å². The quantitative estimate of drug-likeness (QED) is 0.508. The summed E-state index contributed by atoms with van der Waals surface area (Å²) in [7, 11) is 1.52. The van der Waals surface area contributed by atoms with E-state index in [9.17, 15) is 14.9 Å². The predicted octanol–water partition coefficient (Wildman–Crippen LogP) is 0.899. The van der Waals surface area contributed by atoms with Crippen molar-refractivity contribution in [3.8, 4) is 0 Å². The first-order chi connectivity index (χ1) is 10.0. The zero-order valence-corrected chi connectivity index (χ0v) is 11.6. The molecule has 0 aliphatic carbocycles. The number of rotatable bonds is 7. The molecule has 2 rings (SSSR count). The lowest BCUT2D eigenvalue weighted by molar-refractivity contribution is -0.384. The Balaban J connectivity index is 2.31. The number of nitrogens with zero attached hydrogens (tertiary/aromatic N) is 1. The van der Waals surface area contributed by atoms with Gasteiger partial charge in [-0.3, -0.25) is 14.9 Å². The zero-order valence-electron chi connectivity index (χ0n) is 11.6. The van der Waals surface area contributed by atoms with E-state index in [2.05, 4.69) is 10.6 Å². The van der Waals surface area contributed by atoms with Gasteiger partial charge in [-0.1, -0.05) is 0 Å². The lowest BCUT2D eigenvalue weighted by Crippen LogP contribution is -2.26. The fourth-order valence-corrected chi connectivity index (χ4v) is 2.30. The topological polar surface area (TPSA) is 114 Å². The molecule has 1 atom stereocenters. The second-order valence-electron chi connectivity index (χ2n) is 4.82. The Bertz CT molecular complexity index is 555. The largest absolute Gasteiger partial charge is 0.396 e. The number of ether oxygens (including phenoxy) is 1. The predicted molar refractivity (Wildman–Crippen MR) is 76.4 cm³/mol. The van der Waals surface area contributed by atoms with Crippen LogP contribution in [0, 0.1) is 10.1 Å². The van der Waals surface area contributed by atoms with Gasteiger partial charge in [0.25, 0.3) is 5.69 Å². The van der Waals surface area contributed by atoms with E-state index in [1.54, 1.807) is 6.07 Å². The van der Waals surface area contributed by atoms with E-state index in [0.717, 1.165) is 0 Å². The number of benzene rings is 1. The van der Waals surface area contributed by atoms with Crippen LogP contribution in [0.4, 0.5) is 17.1 Å². The molecule has 0 radical (unpaired) electrons. The molecule has 0 saturated heterocycles. The van der Waals surface area contributed by atoms with E-state index in [4.69, 9.17) is 9.84 Å². The van der Waals surface area contributed by atoms with Crippen LogP contribution in [-0.2, 0) is 16.0 Å². The highest BCUT2D eigenvalue weighted by Gasteiger charge is 2.25. The van der Waals surface area contributed by atoms with Gasteiger partial charge >= 0.3 is 0 Å². The van der Waals surface area contributed by atoms with E-state index in [1.807, 2.05) is 0 Å². The van der Waals surface area contributed by atoms with Gasteiger partial charge < -0.3 is 20.5 Å². The number of amides is 1. The Morgan fingerprint density at radius 1 is 1.57 bits per heavy atom. The normalized spacial score (nSPS) is 14.5. The number of carbonyl (C=O) groups is 1. The number of methoxy groups -OCH3 is 1. The van der Waals surface area contributed by atoms with Crippen molar-refractivity contribution in [3.63, 3.8) is 0 Å². The molecule has 1 aromatic rings. The Hall–Kier alpha value is -2.19. The molecular weight excluding hydrogens is 278 g/mol. The van der Waals surface area contributed by atoms with Crippen molar-refractivity contribution >= 4 is 23.0 Å². The van der Waals surface area contributed by atoms with Crippen molar-refractivity contribution < 1.29 is 19.6 Å². The van der Waals surface area contributed by atoms with E-state index in [-0.39, 0.29) is 30.7 Å². The maximum Gasteiger partial charge on any atom is 0.292 e. The summed E-state index contributed by atoms with van der Waals surface area (Å²) in [6.45, 7) is 0.248. The Morgan fingerprint density at radius 2 is 2.33 bits per heavy atom. The lowest BCUT2D eigenvalue weighted by Gasteiger charge is -2.18. The Morgan fingerprint density at radius 3 is 2.95 bits per heavy atom. The first-order valence-corrected chi connectivity index (χ1v) is 6.52. The first kappa shape index (κ1) is 15.2. The van der Waals surface area contributed by atoms with Gasteiger partial charge in [0.2, 0.25) is 5.91 Å². The van der Waals surface area contributed by atoms with Gasteiger partial charge in [-0.2, -0.15) is 0 Å². The number of hydrogen-bond acceptors (Lipinski definition) is 6. The van der Waals surface area contributed by atoms with Crippen molar-refractivity contribution in [2.75, 3.05) is 31.0 Å². The molecule has 0 aromatic heterocycles. The van der Waals surface area contributed by atoms with E-state index >= 15 is 0 Å². The van der Waals surface area contributed by atoms with Crippen molar-refractivity contribution in [2.45, 2.75) is 18.9 Å². The van der Waals surface area contributed by atoms with Gasteiger partial charge in [0.05, 0.1) is 24.0 Å². The number of nitro groups is 1. The second-order valence-corrected chi connectivity index (χ2v) is 4.82. The molecule has 3 N–H and O–H groups in total. The van der Waals surface area contributed by atoms with Crippen molar-refractivity contribution in [1.29, 1.82) is 0 Å². The Kier molecular flexibility index (Phi) is 4.71. The standard InChI is InChI=1S/C13H17N3O5/c1-21-7-9(2-3-17)14-11-6-10-8(5-13(18)15-10)4-12(11)16(19)20/h4,6,9,14,17H,2-3,5,7H2,1H3,(H,15,18). The number of nitro benzene ring substituents is 1. The van der Waals surface area contributed by atoms with Gasteiger partial charge in [0.1, 0.15) is 5.69 Å². The van der Waals surface area contributed by atoms with Crippen molar-refractivity contribution in [2.24, 2.45) is 0 Å². The van der Waals surface area contributed by atoms with Crippen LogP contribution in [-0.4, -0.2) is 42.3 Å². The lowest BCUT2D eigenvalue weighted by atomic mass is 10.1. The average Bonchev–Trinajstić information content (AvgIpc) is 2.77. The minimum atomic E-state index is -0.492. The summed E-state index contributed by atoms with van der Waals surface area (Å²) in [5.74, 6) is -0.180. The number of hydrogen-bond donors (Lipinski definition) is 3. The van der Waals surface area contributed by atoms with Crippen LogP contribution in [0.5, 0.6) is 0 Å². The van der Waals surface area contributed by atoms with Crippen LogP contribution in [0.3, 0.4) is 0 Å². The number of aliphatic hydroxyl groups excluding tert-OH is 1. The third-order valence-corrected chi connectivity index (χ3v) is 3.25. The van der Waals surface area contributed by atoms with Crippen LogP contribution in [0.25, 0.3) is 0 Å². The smallest absolute Gasteiger partial charge is 0.292 e. The van der Waals surface area contributed by atoms with Gasteiger partial charge in [0, 0.05) is 25.5 Å². The molecule has 0 spiro atoms. The van der Waals surface area contributed by atoms with Crippen molar-refractivity contribution in [3.05, 3.63) is 27.8 Å². The summed E-state index contributed by atoms with van der Waals surface area (Å²) in [6.07, 6.45) is 0.545. The number of fused-ring (bicyclic) bond motifs is 1. The third-order valence-electron chi connectivity index (χ3n) is 3.25. The maximum atomic E-state index is 11.4. The molecule has 8 nitrogen and oxygen atoms in total. The molecular formula is C13H17N3O5. The van der Waals surface area contributed by atoms with Gasteiger partial charge in [-0.05, 0) is 18.1 Å². The average molecular weight is 295 g/mol. The van der Waals surface area contributed by atoms with Gasteiger partial charge in [-0.25, -0.2) is 0 Å². The third kappa shape index (κ3) is 3.47. The van der Waals surface area contributed by atoms with Gasteiger partial charge in [-0.15, -0.1) is 0 Å². The summed E-state index contributed by atoms with van der Waals surface area (Å²) in [5.41, 5.74) is 1.40. The number of carbonyl (C=O) groups excluding carboxylic acids is 1. The molecule has 1 aromatic carbocycles. The molecule has 1 heterocycles. The summed E-state index contributed by atoms with van der Waals surface area (Å²) in [4.78, 5) is 22.1. The molecule has 8 heteroatoms. The zero-order chi connectivity index (χ0) is 15.4. The molecule has 1 aliphatic heterocycles. The number of nitrogens with one attached hydrogen (secondary N) is 2. The van der Waals surface area contributed by atoms with E-state index in [0.29, 0.717) is 30.0 Å².